The van der Waals surface area contributed by atoms with E-state index in [0.29, 0.717) is 29.3 Å². The van der Waals surface area contributed by atoms with Gasteiger partial charge in [0.2, 0.25) is 5.91 Å². The summed E-state index contributed by atoms with van der Waals surface area (Å²) in [6.45, 7) is 2.20. The standard InChI is InChI=1S/C19H20N2O4/c1-12(22)21-7-6-13-8-14(4-5-18(13)21)19(23)20-15-9-16(24-2)11-17(10-15)25-3/h4-5,8-11H,6-7H2,1-3H3,(H,20,23). The SMILES string of the molecule is COc1cc(NC(=O)c2ccc3c(c2)CCN3C(C)=O)cc(OC)c1. The van der Waals surface area contributed by atoms with Gasteiger partial charge in [-0.05, 0) is 30.2 Å². The number of anilines is 2. The highest BCUT2D eigenvalue weighted by Gasteiger charge is 2.23. The molecule has 1 aliphatic rings. The van der Waals surface area contributed by atoms with E-state index in [9.17, 15) is 9.59 Å². The molecule has 2 aromatic rings. The number of fused-ring (bicyclic) bond motifs is 1. The molecule has 3 rings (SSSR count). The fourth-order valence-electron chi connectivity index (χ4n) is 2.95. The topological polar surface area (TPSA) is 67.9 Å². The summed E-state index contributed by atoms with van der Waals surface area (Å²) in [5.41, 5.74) is 3.02. The van der Waals surface area contributed by atoms with Crippen LogP contribution < -0.4 is 19.7 Å². The summed E-state index contributed by atoms with van der Waals surface area (Å²) in [4.78, 5) is 25.9. The van der Waals surface area contributed by atoms with Crippen LogP contribution in [0.3, 0.4) is 0 Å². The third-order valence-electron chi connectivity index (χ3n) is 4.23. The van der Waals surface area contributed by atoms with Crippen molar-refractivity contribution in [2.45, 2.75) is 13.3 Å². The monoisotopic (exact) mass is 340 g/mol. The molecule has 2 aromatic carbocycles. The van der Waals surface area contributed by atoms with E-state index in [0.717, 1.165) is 17.7 Å². The maximum atomic E-state index is 12.6. The van der Waals surface area contributed by atoms with Crippen molar-refractivity contribution in [2.75, 3.05) is 31.0 Å². The highest BCUT2D eigenvalue weighted by atomic mass is 16.5. The molecule has 0 radical (unpaired) electrons. The van der Waals surface area contributed by atoms with Gasteiger partial charge in [-0.3, -0.25) is 9.59 Å². The number of benzene rings is 2. The first kappa shape index (κ1) is 16.8. The third-order valence-corrected chi connectivity index (χ3v) is 4.23. The average Bonchev–Trinajstić information content (AvgIpc) is 3.04. The number of methoxy groups -OCH3 is 2. The van der Waals surface area contributed by atoms with E-state index in [2.05, 4.69) is 5.32 Å². The normalized spacial score (nSPS) is 12.5. The molecule has 2 amide bonds. The second-order valence-corrected chi connectivity index (χ2v) is 5.82. The number of ether oxygens (including phenoxy) is 2. The Kier molecular flexibility index (Phi) is 4.61. The zero-order chi connectivity index (χ0) is 18.0. The minimum Gasteiger partial charge on any atom is -0.497 e. The summed E-state index contributed by atoms with van der Waals surface area (Å²) in [5.74, 6) is 0.986. The number of rotatable bonds is 4. The number of nitrogens with zero attached hydrogens (tertiary/aromatic N) is 1. The van der Waals surface area contributed by atoms with E-state index in [4.69, 9.17) is 9.47 Å². The Hall–Kier alpha value is -3.02. The summed E-state index contributed by atoms with van der Waals surface area (Å²) >= 11 is 0. The molecule has 6 nitrogen and oxygen atoms in total. The van der Waals surface area contributed by atoms with Crippen molar-refractivity contribution < 1.29 is 19.1 Å². The molecule has 6 heteroatoms. The summed E-state index contributed by atoms with van der Waals surface area (Å²) in [5, 5.41) is 2.85. The first-order chi connectivity index (χ1) is 12.0. The van der Waals surface area contributed by atoms with E-state index in [1.807, 2.05) is 12.1 Å². The predicted molar refractivity (Wildman–Crippen MR) is 95.7 cm³/mol. The molecule has 0 spiro atoms. The molecule has 0 bridgehead atoms. The second-order valence-electron chi connectivity index (χ2n) is 5.82. The molecule has 130 valence electrons. The maximum absolute atomic E-state index is 12.6. The van der Waals surface area contributed by atoms with Crippen molar-refractivity contribution in [1.29, 1.82) is 0 Å². The van der Waals surface area contributed by atoms with E-state index in [1.54, 1.807) is 50.3 Å². The lowest BCUT2D eigenvalue weighted by molar-refractivity contribution is -0.116. The molecule has 0 unspecified atom stereocenters. The summed E-state index contributed by atoms with van der Waals surface area (Å²) in [7, 11) is 3.11. The number of amides is 2. The Morgan fingerprint density at radius 3 is 2.32 bits per heavy atom. The van der Waals surface area contributed by atoms with E-state index in [-0.39, 0.29) is 11.8 Å². The van der Waals surface area contributed by atoms with Crippen molar-refractivity contribution in [3.8, 4) is 11.5 Å². The molecule has 0 saturated heterocycles. The molecule has 0 atom stereocenters. The average molecular weight is 340 g/mol. The van der Waals surface area contributed by atoms with E-state index in [1.165, 1.54) is 0 Å². The van der Waals surface area contributed by atoms with Gasteiger partial charge >= 0.3 is 0 Å². The van der Waals surface area contributed by atoms with Crippen LogP contribution >= 0.6 is 0 Å². The number of carbonyl (C=O) groups is 2. The summed E-state index contributed by atoms with van der Waals surface area (Å²) < 4.78 is 10.4. The largest absolute Gasteiger partial charge is 0.497 e. The molecule has 0 aromatic heterocycles. The van der Waals surface area contributed by atoms with Gasteiger partial charge in [-0.25, -0.2) is 0 Å². The number of carbonyl (C=O) groups excluding carboxylic acids is 2. The maximum Gasteiger partial charge on any atom is 0.255 e. The lowest BCUT2D eigenvalue weighted by Gasteiger charge is -2.15. The lowest BCUT2D eigenvalue weighted by Crippen LogP contribution is -2.25. The minimum absolute atomic E-state index is 0.0134. The van der Waals surface area contributed by atoms with Crippen molar-refractivity contribution >= 4 is 23.2 Å². The van der Waals surface area contributed by atoms with Crippen LogP contribution in [0.1, 0.15) is 22.8 Å². The molecular formula is C19H20N2O4. The first-order valence-corrected chi connectivity index (χ1v) is 7.97. The quantitative estimate of drug-likeness (QED) is 0.929. The smallest absolute Gasteiger partial charge is 0.255 e. The van der Waals surface area contributed by atoms with Crippen LogP contribution in [0.25, 0.3) is 0 Å². The molecule has 0 saturated carbocycles. The van der Waals surface area contributed by atoms with Crippen LogP contribution in [0, 0.1) is 0 Å². The van der Waals surface area contributed by atoms with Crippen LogP contribution in [0.4, 0.5) is 11.4 Å². The second kappa shape index (κ2) is 6.84. The van der Waals surface area contributed by atoms with Crippen LogP contribution in [-0.2, 0) is 11.2 Å². The highest BCUT2D eigenvalue weighted by Crippen LogP contribution is 2.30. The Morgan fingerprint density at radius 1 is 1.04 bits per heavy atom. The van der Waals surface area contributed by atoms with Gasteiger partial charge in [-0.1, -0.05) is 0 Å². The summed E-state index contributed by atoms with van der Waals surface area (Å²) in [6, 6.07) is 10.6. The van der Waals surface area contributed by atoms with Crippen LogP contribution in [0.2, 0.25) is 0 Å². The van der Waals surface area contributed by atoms with E-state index >= 15 is 0 Å². The van der Waals surface area contributed by atoms with Crippen molar-refractivity contribution in [2.24, 2.45) is 0 Å². The molecule has 25 heavy (non-hydrogen) atoms. The van der Waals surface area contributed by atoms with Gasteiger partial charge in [0.25, 0.3) is 5.91 Å². The Bertz CT molecular complexity index is 810. The first-order valence-electron chi connectivity index (χ1n) is 7.97. The van der Waals surface area contributed by atoms with Gasteiger partial charge in [-0.2, -0.15) is 0 Å². The van der Waals surface area contributed by atoms with Gasteiger partial charge in [0.05, 0.1) is 14.2 Å². The molecular weight excluding hydrogens is 320 g/mol. The Balaban J connectivity index is 1.82. The molecule has 1 aliphatic heterocycles. The van der Waals surface area contributed by atoms with Gasteiger partial charge in [0.1, 0.15) is 11.5 Å². The lowest BCUT2D eigenvalue weighted by atomic mass is 10.1. The minimum atomic E-state index is -0.223. The van der Waals surface area contributed by atoms with Crippen molar-refractivity contribution in [3.63, 3.8) is 0 Å². The predicted octanol–water partition coefficient (Wildman–Crippen LogP) is 2.87. The highest BCUT2D eigenvalue weighted by molar-refractivity contribution is 6.05. The number of nitrogens with one attached hydrogen (secondary N) is 1. The van der Waals surface area contributed by atoms with Gasteiger partial charge in [0.15, 0.2) is 0 Å². The van der Waals surface area contributed by atoms with Crippen molar-refractivity contribution in [3.05, 3.63) is 47.5 Å². The number of hydrogen-bond donors (Lipinski definition) is 1. The van der Waals surface area contributed by atoms with Crippen molar-refractivity contribution in [1.82, 2.24) is 0 Å². The fourth-order valence-corrected chi connectivity index (χ4v) is 2.95. The van der Waals surface area contributed by atoms with Gasteiger partial charge in [0, 0.05) is 48.6 Å². The number of hydrogen-bond acceptors (Lipinski definition) is 4. The zero-order valence-corrected chi connectivity index (χ0v) is 14.5. The van der Waals surface area contributed by atoms with E-state index < -0.39 is 0 Å². The molecule has 0 fully saturated rings. The van der Waals surface area contributed by atoms with Crippen LogP contribution in [0.5, 0.6) is 11.5 Å². The molecule has 0 aliphatic carbocycles. The zero-order valence-electron chi connectivity index (χ0n) is 14.5. The van der Waals surface area contributed by atoms with Gasteiger partial charge < -0.3 is 19.7 Å². The fraction of sp³-hybridized carbons (Fsp3) is 0.263. The van der Waals surface area contributed by atoms with Crippen LogP contribution in [0.15, 0.2) is 36.4 Å². The van der Waals surface area contributed by atoms with Gasteiger partial charge in [-0.15, -0.1) is 0 Å². The Labute approximate surface area is 146 Å². The van der Waals surface area contributed by atoms with Crippen LogP contribution in [-0.4, -0.2) is 32.6 Å². The summed E-state index contributed by atoms with van der Waals surface area (Å²) in [6.07, 6.45) is 0.753. The Morgan fingerprint density at radius 2 is 1.72 bits per heavy atom. The molecule has 1 heterocycles. The third kappa shape index (κ3) is 3.42. The molecule has 1 N–H and O–H groups in total.